The first-order valence-corrected chi connectivity index (χ1v) is 7.19. The first-order valence-electron chi connectivity index (χ1n) is 6.40. The third-order valence-electron chi connectivity index (χ3n) is 3.48. The van der Waals surface area contributed by atoms with E-state index in [1.807, 2.05) is 18.3 Å². The molecule has 20 heavy (non-hydrogen) atoms. The van der Waals surface area contributed by atoms with E-state index < -0.39 is 0 Å². The lowest BCUT2D eigenvalue weighted by Crippen LogP contribution is -2.00. The number of hydrogen-bond acceptors (Lipinski definition) is 1. The van der Waals surface area contributed by atoms with Crippen molar-refractivity contribution in [3.8, 4) is 0 Å². The van der Waals surface area contributed by atoms with Gasteiger partial charge >= 0.3 is 0 Å². The molecule has 0 aliphatic heterocycles. The van der Waals surface area contributed by atoms with Gasteiger partial charge in [0.2, 0.25) is 0 Å². The van der Waals surface area contributed by atoms with E-state index in [0.717, 1.165) is 21.1 Å². The summed E-state index contributed by atoms with van der Waals surface area (Å²) in [7, 11) is 0. The van der Waals surface area contributed by atoms with Crippen molar-refractivity contribution in [2.24, 2.45) is 5.73 Å². The number of halogens is 2. The molecular weight excluding hydrogens is 319 g/mol. The third-order valence-corrected chi connectivity index (χ3v) is 4.22. The van der Waals surface area contributed by atoms with Gasteiger partial charge in [-0.1, -0.05) is 34.1 Å². The van der Waals surface area contributed by atoms with Crippen LogP contribution in [0.15, 0.2) is 53.1 Å². The Morgan fingerprint density at radius 2 is 1.95 bits per heavy atom. The molecule has 1 heterocycles. The van der Waals surface area contributed by atoms with Gasteiger partial charge in [-0.2, -0.15) is 0 Å². The molecule has 3 rings (SSSR count). The normalized spacial score (nSPS) is 11.2. The number of nitrogens with two attached hydrogens (primary N) is 1. The molecule has 0 amide bonds. The van der Waals surface area contributed by atoms with Gasteiger partial charge in [-0.25, -0.2) is 4.39 Å². The Balaban J connectivity index is 2.03. The lowest BCUT2D eigenvalue weighted by atomic mass is 10.1. The summed E-state index contributed by atoms with van der Waals surface area (Å²) in [6.07, 6.45) is 2.04. The van der Waals surface area contributed by atoms with Gasteiger partial charge in [0, 0.05) is 34.7 Å². The van der Waals surface area contributed by atoms with Crippen molar-refractivity contribution in [2.45, 2.75) is 13.1 Å². The molecule has 0 saturated carbocycles. The summed E-state index contributed by atoms with van der Waals surface area (Å²) >= 11 is 3.41. The molecule has 0 aliphatic rings. The van der Waals surface area contributed by atoms with Crippen molar-refractivity contribution >= 4 is 26.8 Å². The van der Waals surface area contributed by atoms with Crippen molar-refractivity contribution in [1.82, 2.24) is 4.57 Å². The average Bonchev–Trinajstić information content (AvgIpc) is 2.85. The summed E-state index contributed by atoms with van der Waals surface area (Å²) in [6.45, 7) is 1.22. The second kappa shape index (κ2) is 5.38. The largest absolute Gasteiger partial charge is 0.343 e. The lowest BCUT2D eigenvalue weighted by Gasteiger charge is -2.09. The molecule has 0 spiro atoms. The second-order valence-electron chi connectivity index (χ2n) is 4.73. The molecule has 4 heteroatoms. The van der Waals surface area contributed by atoms with E-state index in [1.54, 1.807) is 6.07 Å². The van der Waals surface area contributed by atoms with E-state index in [1.165, 1.54) is 17.5 Å². The van der Waals surface area contributed by atoms with Gasteiger partial charge in [0.15, 0.2) is 0 Å². The minimum Gasteiger partial charge on any atom is -0.343 e. The van der Waals surface area contributed by atoms with Crippen LogP contribution in [-0.4, -0.2) is 4.57 Å². The number of aromatic nitrogens is 1. The summed E-state index contributed by atoms with van der Waals surface area (Å²) < 4.78 is 16.1. The van der Waals surface area contributed by atoms with Gasteiger partial charge in [0.25, 0.3) is 0 Å². The molecule has 0 fully saturated rings. The highest BCUT2D eigenvalue weighted by molar-refractivity contribution is 9.10. The SMILES string of the molecule is NCc1cccc2c1ccn2Cc1ccc(F)cc1Br. The monoisotopic (exact) mass is 332 g/mol. The summed E-state index contributed by atoms with van der Waals surface area (Å²) in [5.41, 5.74) is 9.08. The van der Waals surface area contributed by atoms with Crippen LogP contribution in [0, 0.1) is 5.82 Å². The molecule has 2 aromatic carbocycles. The predicted molar refractivity (Wildman–Crippen MR) is 83.0 cm³/mol. The van der Waals surface area contributed by atoms with Crippen LogP contribution in [0.4, 0.5) is 4.39 Å². The van der Waals surface area contributed by atoms with Crippen LogP contribution >= 0.6 is 15.9 Å². The van der Waals surface area contributed by atoms with Crippen molar-refractivity contribution in [1.29, 1.82) is 0 Å². The van der Waals surface area contributed by atoms with Gasteiger partial charge < -0.3 is 10.3 Å². The highest BCUT2D eigenvalue weighted by atomic mass is 79.9. The molecule has 0 aliphatic carbocycles. The van der Waals surface area contributed by atoms with Gasteiger partial charge in [0.1, 0.15) is 5.82 Å². The van der Waals surface area contributed by atoms with Crippen LogP contribution in [-0.2, 0) is 13.1 Å². The smallest absolute Gasteiger partial charge is 0.124 e. The molecule has 0 atom stereocenters. The topological polar surface area (TPSA) is 30.9 Å². The Morgan fingerprint density at radius 3 is 2.70 bits per heavy atom. The molecular formula is C16H14BrFN2. The lowest BCUT2D eigenvalue weighted by molar-refractivity contribution is 0.625. The number of fused-ring (bicyclic) bond motifs is 1. The first-order chi connectivity index (χ1) is 9.69. The summed E-state index contributed by atoms with van der Waals surface area (Å²) in [6, 6.07) is 13.0. The van der Waals surface area contributed by atoms with Gasteiger partial charge in [-0.15, -0.1) is 0 Å². The molecule has 0 radical (unpaired) electrons. The minimum atomic E-state index is -0.233. The molecule has 0 unspecified atom stereocenters. The van der Waals surface area contributed by atoms with Crippen LogP contribution in [0.5, 0.6) is 0 Å². The fourth-order valence-electron chi connectivity index (χ4n) is 2.44. The number of benzene rings is 2. The molecule has 0 saturated heterocycles. The van der Waals surface area contributed by atoms with E-state index in [9.17, 15) is 4.39 Å². The Bertz CT molecular complexity index is 764. The van der Waals surface area contributed by atoms with Crippen LogP contribution < -0.4 is 5.73 Å². The average molecular weight is 333 g/mol. The van der Waals surface area contributed by atoms with E-state index in [-0.39, 0.29) is 5.82 Å². The number of nitrogens with zero attached hydrogens (tertiary/aromatic N) is 1. The molecule has 0 bridgehead atoms. The van der Waals surface area contributed by atoms with Gasteiger partial charge in [0.05, 0.1) is 0 Å². The Kier molecular flexibility index (Phi) is 3.59. The van der Waals surface area contributed by atoms with Gasteiger partial charge in [-0.3, -0.25) is 0 Å². The Hall–Kier alpha value is -1.65. The summed E-state index contributed by atoms with van der Waals surface area (Å²) in [5.74, 6) is -0.233. The maximum atomic E-state index is 13.1. The molecule has 1 aromatic heterocycles. The van der Waals surface area contributed by atoms with E-state index in [2.05, 4.69) is 32.6 Å². The zero-order valence-electron chi connectivity index (χ0n) is 10.8. The fraction of sp³-hybridized carbons (Fsp3) is 0.125. The van der Waals surface area contributed by atoms with Crippen LogP contribution in [0.3, 0.4) is 0 Å². The van der Waals surface area contributed by atoms with Crippen molar-refractivity contribution in [2.75, 3.05) is 0 Å². The van der Waals surface area contributed by atoms with Crippen molar-refractivity contribution in [3.63, 3.8) is 0 Å². The van der Waals surface area contributed by atoms with Crippen molar-refractivity contribution in [3.05, 3.63) is 70.1 Å². The standard InChI is InChI=1S/C16H14BrFN2/c17-15-8-13(18)5-4-12(15)10-20-7-6-14-11(9-19)2-1-3-16(14)20/h1-8H,9-10,19H2. The summed E-state index contributed by atoms with van der Waals surface area (Å²) in [4.78, 5) is 0. The van der Waals surface area contributed by atoms with E-state index >= 15 is 0 Å². The van der Waals surface area contributed by atoms with E-state index in [0.29, 0.717) is 13.1 Å². The Labute approximate surface area is 125 Å². The molecule has 2 N–H and O–H groups in total. The van der Waals surface area contributed by atoms with Crippen molar-refractivity contribution < 1.29 is 4.39 Å². The number of hydrogen-bond donors (Lipinski definition) is 1. The van der Waals surface area contributed by atoms with E-state index in [4.69, 9.17) is 5.73 Å². The minimum absolute atomic E-state index is 0.233. The molecule has 2 nitrogen and oxygen atoms in total. The molecule has 102 valence electrons. The maximum Gasteiger partial charge on any atom is 0.124 e. The number of rotatable bonds is 3. The van der Waals surface area contributed by atoms with Gasteiger partial charge in [-0.05, 0) is 35.4 Å². The quantitative estimate of drug-likeness (QED) is 0.770. The second-order valence-corrected chi connectivity index (χ2v) is 5.59. The zero-order chi connectivity index (χ0) is 14.1. The van der Waals surface area contributed by atoms with Crippen LogP contribution in [0.2, 0.25) is 0 Å². The summed E-state index contributed by atoms with van der Waals surface area (Å²) in [5, 5.41) is 1.17. The zero-order valence-corrected chi connectivity index (χ0v) is 12.4. The van der Waals surface area contributed by atoms with Crippen LogP contribution in [0.25, 0.3) is 10.9 Å². The first kappa shape index (κ1) is 13.3. The highest BCUT2D eigenvalue weighted by Gasteiger charge is 2.07. The Morgan fingerprint density at radius 1 is 1.10 bits per heavy atom. The highest BCUT2D eigenvalue weighted by Crippen LogP contribution is 2.24. The predicted octanol–water partition coefficient (Wildman–Crippen LogP) is 4.05. The third kappa shape index (κ3) is 2.37. The fourth-order valence-corrected chi connectivity index (χ4v) is 2.91. The maximum absolute atomic E-state index is 13.1. The van der Waals surface area contributed by atoms with Crippen LogP contribution in [0.1, 0.15) is 11.1 Å². The molecule has 3 aromatic rings.